The summed E-state index contributed by atoms with van der Waals surface area (Å²) >= 11 is 0. The van der Waals surface area contributed by atoms with Crippen LogP contribution < -0.4 is 0 Å². The molecule has 0 saturated carbocycles. The molecule has 0 heterocycles. The molecule has 2 atom stereocenters. The van der Waals surface area contributed by atoms with E-state index in [0.717, 1.165) is 11.1 Å². The highest BCUT2D eigenvalue weighted by Gasteiger charge is 2.18. The van der Waals surface area contributed by atoms with Crippen molar-refractivity contribution in [3.8, 4) is 0 Å². The minimum atomic E-state index is -0.727. The van der Waals surface area contributed by atoms with E-state index in [4.69, 9.17) is 9.84 Å². The van der Waals surface area contributed by atoms with Gasteiger partial charge in [0.15, 0.2) is 0 Å². The number of methoxy groups -OCH3 is 1. The van der Waals surface area contributed by atoms with E-state index in [0.29, 0.717) is 12.0 Å². The maximum Gasteiger partial charge on any atom is 0.337 e. The lowest BCUT2D eigenvalue weighted by molar-refractivity contribution is 0.0534. The van der Waals surface area contributed by atoms with E-state index >= 15 is 0 Å². The average molecular weight is 280 g/mol. The summed E-state index contributed by atoms with van der Waals surface area (Å²) in [5.41, 5.74) is 2.70. The van der Waals surface area contributed by atoms with E-state index in [9.17, 15) is 9.90 Å². The zero-order valence-corrected chi connectivity index (χ0v) is 12.6. The summed E-state index contributed by atoms with van der Waals surface area (Å²) in [5, 5.41) is 18.7. The molecule has 0 aliphatic carbocycles. The van der Waals surface area contributed by atoms with Gasteiger partial charge < -0.3 is 14.9 Å². The number of carbonyl (C=O) groups is 1. The highest BCUT2D eigenvalue weighted by molar-refractivity contribution is 5.89. The molecule has 112 valence electrons. The smallest absolute Gasteiger partial charge is 0.337 e. The molecule has 0 bridgehead atoms. The number of hydrogen-bond acceptors (Lipinski definition) is 4. The minimum Gasteiger partial charge on any atom is -0.465 e. The van der Waals surface area contributed by atoms with E-state index in [-0.39, 0.29) is 24.4 Å². The number of esters is 1. The molecule has 0 spiro atoms. The van der Waals surface area contributed by atoms with E-state index in [1.54, 1.807) is 6.07 Å². The fraction of sp³-hybridized carbons (Fsp3) is 0.562. The largest absolute Gasteiger partial charge is 0.465 e. The highest BCUT2D eigenvalue weighted by atomic mass is 16.5. The van der Waals surface area contributed by atoms with Gasteiger partial charge in [-0.25, -0.2) is 4.79 Å². The topological polar surface area (TPSA) is 66.8 Å². The number of hydrogen-bond donors (Lipinski definition) is 2. The molecule has 4 heteroatoms. The fourth-order valence-corrected chi connectivity index (χ4v) is 2.23. The predicted molar refractivity (Wildman–Crippen MR) is 77.8 cm³/mol. The molecular weight excluding hydrogens is 256 g/mol. The van der Waals surface area contributed by atoms with Gasteiger partial charge in [0, 0.05) is 0 Å². The van der Waals surface area contributed by atoms with Gasteiger partial charge in [-0.05, 0) is 41.5 Å². The molecule has 0 radical (unpaired) electrons. The van der Waals surface area contributed by atoms with E-state index in [2.05, 4.69) is 13.8 Å². The van der Waals surface area contributed by atoms with Gasteiger partial charge in [0.1, 0.15) is 0 Å². The Morgan fingerprint density at radius 3 is 2.45 bits per heavy atom. The van der Waals surface area contributed by atoms with Crippen LogP contribution in [-0.4, -0.2) is 36.0 Å². The van der Waals surface area contributed by atoms with Crippen LogP contribution >= 0.6 is 0 Å². The first-order valence-electron chi connectivity index (χ1n) is 6.90. The molecule has 0 aromatic heterocycles. The van der Waals surface area contributed by atoms with Gasteiger partial charge in [-0.15, -0.1) is 0 Å². The molecule has 0 amide bonds. The standard InChI is InChI=1S/C16H24O4/c1-10(2)14-8-13(16(19)20-4)6-5-12(14)7-11(3)15(18)9-17/h5-6,8,10-11,15,17-18H,7,9H2,1-4H3. The molecule has 2 N–H and O–H groups in total. The van der Waals surface area contributed by atoms with Gasteiger partial charge in [0.25, 0.3) is 0 Å². The molecule has 1 aromatic rings. The van der Waals surface area contributed by atoms with Gasteiger partial charge in [-0.1, -0.05) is 26.8 Å². The number of aliphatic hydroxyl groups excluding tert-OH is 2. The van der Waals surface area contributed by atoms with Crippen molar-refractivity contribution in [2.24, 2.45) is 5.92 Å². The lowest BCUT2D eigenvalue weighted by atomic mass is 9.88. The lowest BCUT2D eigenvalue weighted by Crippen LogP contribution is -2.24. The summed E-state index contributed by atoms with van der Waals surface area (Å²) < 4.78 is 4.74. The second-order valence-electron chi connectivity index (χ2n) is 5.49. The molecule has 0 aliphatic rings. The third kappa shape index (κ3) is 4.05. The number of aliphatic hydroxyl groups is 2. The zero-order chi connectivity index (χ0) is 15.3. The molecule has 0 saturated heterocycles. The van der Waals surface area contributed by atoms with E-state index in [1.807, 2.05) is 19.1 Å². The summed E-state index contributed by atoms with van der Waals surface area (Å²) in [7, 11) is 1.37. The Morgan fingerprint density at radius 2 is 1.95 bits per heavy atom. The van der Waals surface area contributed by atoms with E-state index in [1.165, 1.54) is 7.11 Å². The number of rotatable bonds is 6. The van der Waals surface area contributed by atoms with Crippen molar-refractivity contribution < 1.29 is 19.7 Å². The summed E-state index contributed by atoms with van der Waals surface area (Å²) in [4.78, 5) is 11.6. The van der Waals surface area contributed by atoms with Gasteiger partial charge in [0.05, 0.1) is 25.4 Å². The van der Waals surface area contributed by atoms with Crippen molar-refractivity contribution in [3.05, 3.63) is 34.9 Å². The number of carbonyl (C=O) groups excluding carboxylic acids is 1. The first-order chi connectivity index (χ1) is 9.40. The van der Waals surface area contributed by atoms with Crippen LogP contribution in [0.2, 0.25) is 0 Å². The molecule has 2 unspecified atom stereocenters. The SMILES string of the molecule is COC(=O)c1ccc(CC(C)C(O)CO)c(C(C)C)c1. The average Bonchev–Trinajstić information content (AvgIpc) is 2.45. The molecule has 1 rings (SSSR count). The third-order valence-corrected chi connectivity index (χ3v) is 3.57. The van der Waals surface area contributed by atoms with Crippen molar-refractivity contribution in [3.63, 3.8) is 0 Å². The second kappa shape index (κ2) is 7.41. The minimum absolute atomic E-state index is 0.0403. The van der Waals surface area contributed by atoms with Crippen molar-refractivity contribution in [2.45, 2.75) is 39.2 Å². The van der Waals surface area contributed by atoms with Crippen LogP contribution in [0.4, 0.5) is 0 Å². The third-order valence-electron chi connectivity index (χ3n) is 3.57. The monoisotopic (exact) mass is 280 g/mol. The van der Waals surface area contributed by atoms with E-state index < -0.39 is 6.10 Å². The summed E-state index contributed by atoms with van der Waals surface area (Å²) in [5.74, 6) is -0.114. The summed E-state index contributed by atoms with van der Waals surface area (Å²) in [6, 6.07) is 5.50. The fourth-order valence-electron chi connectivity index (χ4n) is 2.23. The van der Waals surface area contributed by atoms with Crippen LogP contribution in [0, 0.1) is 5.92 Å². The summed E-state index contributed by atoms with van der Waals surface area (Å²) in [6.45, 7) is 5.79. The number of ether oxygens (including phenoxy) is 1. The molecule has 20 heavy (non-hydrogen) atoms. The Labute approximate surface area is 120 Å². The van der Waals surface area contributed by atoms with Crippen LogP contribution in [0.5, 0.6) is 0 Å². The Bertz CT molecular complexity index is 454. The van der Waals surface area contributed by atoms with Crippen molar-refractivity contribution in [1.82, 2.24) is 0 Å². The van der Waals surface area contributed by atoms with Crippen LogP contribution in [-0.2, 0) is 11.2 Å². The number of benzene rings is 1. The lowest BCUT2D eigenvalue weighted by Gasteiger charge is -2.20. The van der Waals surface area contributed by atoms with Crippen LogP contribution in [0.25, 0.3) is 0 Å². The van der Waals surface area contributed by atoms with Gasteiger partial charge in [0.2, 0.25) is 0 Å². The van der Waals surface area contributed by atoms with Crippen LogP contribution in [0.15, 0.2) is 18.2 Å². The summed E-state index contributed by atoms with van der Waals surface area (Å²) in [6.07, 6.45) is -0.0632. The Balaban J connectivity index is 3.04. The Morgan fingerprint density at radius 1 is 1.30 bits per heavy atom. The predicted octanol–water partition coefficient (Wildman–Crippen LogP) is 2.13. The quantitative estimate of drug-likeness (QED) is 0.783. The van der Waals surface area contributed by atoms with Gasteiger partial charge >= 0.3 is 5.97 Å². The molecule has 1 aromatic carbocycles. The molecule has 4 nitrogen and oxygen atoms in total. The first kappa shape index (κ1) is 16.7. The Hall–Kier alpha value is -1.39. The zero-order valence-electron chi connectivity index (χ0n) is 12.6. The first-order valence-corrected chi connectivity index (χ1v) is 6.90. The van der Waals surface area contributed by atoms with Crippen molar-refractivity contribution in [2.75, 3.05) is 13.7 Å². The van der Waals surface area contributed by atoms with Crippen LogP contribution in [0.1, 0.15) is 48.2 Å². The molecule has 0 aliphatic heterocycles. The highest BCUT2D eigenvalue weighted by Crippen LogP contribution is 2.25. The van der Waals surface area contributed by atoms with Crippen molar-refractivity contribution in [1.29, 1.82) is 0 Å². The maximum absolute atomic E-state index is 11.6. The van der Waals surface area contributed by atoms with Crippen LogP contribution in [0.3, 0.4) is 0 Å². The molecule has 0 fully saturated rings. The second-order valence-corrected chi connectivity index (χ2v) is 5.49. The van der Waals surface area contributed by atoms with Gasteiger partial charge in [-0.2, -0.15) is 0 Å². The van der Waals surface area contributed by atoms with Gasteiger partial charge in [-0.3, -0.25) is 0 Å². The Kier molecular flexibility index (Phi) is 6.17. The van der Waals surface area contributed by atoms with Crippen molar-refractivity contribution >= 4 is 5.97 Å². The molecular formula is C16H24O4. The normalized spacial score (nSPS) is 14.2. The maximum atomic E-state index is 11.6.